The lowest BCUT2D eigenvalue weighted by atomic mass is 9.79. The summed E-state index contributed by atoms with van der Waals surface area (Å²) in [6.45, 7) is 6.12. The van der Waals surface area contributed by atoms with E-state index in [9.17, 15) is 10.2 Å². The summed E-state index contributed by atoms with van der Waals surface area (Å²) in [4.78, 5) is 0. The van der Waals surface area contributed by atoms with Gasteiger partial charge in [0, 0.05) is 12.5 Å². The second-order valence-electron chi connectivity index (χ2n) is 6.00. The van der Waals surface area contributed by atoms with E-state index in [4.69, 9.17) is 4.74 Å². The first-order valence-corrected chi connectivity index (χ1v) is 7.25. The van der Waals surface area contributed by atoms with Gasteiger partial charge in [0.1, 0.15) is 6.10 Å². The molecule has 1 aliphatic heterocycles. The maximum atomic E-state index is 10.3. The standard InChI is InChI=1S/C15H26O3/c1-10-8-13(11(2)9-16)18-15(14(10)17)12-6-4-3-5-7-12/h11-17H,1,3-9H2,2H3/t11-,13+,14+,15+/m0/s1. The summed E-state index contributed by atoms with van der Waals surface area (Å²) in [6.07, 6.45) is 6.14. The van der Waals surface area contributed by atoms with Crippen LogP contribution in [0.2, 0.25) is 0 Å². The van der Waals surface area contributed by atoms with E-state index >= 15 is 0 Å². The van der Waals surface area contributed by atoms with Gasteiger partial charge in [-0.15, -0.1) is 0 Å². The Morgan fingerprint density at radius 3 is 2.61 bits per heavy atom. The molecule has 1 saturated heterocycles. The van der Waals surface area contributed by atoms with Crippen molar-refractivity contribution in [1.29, 1.82) is 0 Å². The van der Waals surface area contributed by atoms with Gasteiger partial charge in [0.25, 0.3) is 0 Å². The average molecular weight is 254 g/mol. The number of ether oxygens (including phenoxy) is 1. The van der Waals surface area contributed by atoms with Crippen molar-refractivity contribution in [2.45, 2.75) is 63.8 Å². The molecule has 3 nitrogen and oxygen atoms in total. The van der Waals surface area contributed by atoms with Crippen LogP contribution in [-0.2, 0) is 4.74 Å². The highest BCUT2D eigenvalue weighted by Crippen LogP contribution is 2.37. The van der Waals surface area contributed by atoms with Gasteiger partial charge in [-0.3, -0.25) is 0 Å². The van der Waals surface area contributed by atoms with Crippen molar-refractivity contribution < 1.29 is 14.9 Å². The van der Waals surface area contributed by atoms with Gasteiger partial charge in [0.05, 0.1) is 12.2 Å². The van der Waals surface area contributed by atoms with Gasteiger partial charge in [0.2, 0.25) is 0 Å². The first kappa shape index (κ1) is 14.0. The van der Waals surface area contributed by atoms with E-state index in [1.54, 1.807) is 0 Å². The second kappa shape index (κ2) is 6.18. The Morgan fingerprint density at radius 2 is 2.00 bits per heavy atom. The van der Waals surface area contributed by atoms with Gasteiger partial charge in [-0.2, -0.15) is 0 Å². The molecule has 2 N–H and O–H groups in total. The largest absolute Gasteiger partial charge is 0.396 e. The van der Waals surface area contributed by atoms with E-state index in [-0.39, 0.29) is 24.7 Å². The lowest BCUT2D eigenvalue weighted by molar-refractivity contribution is -0.140. The summed E-state index contributed by atoms with van der Waals surface area (Å²) >= 11 is 0. The molecular formula is C15H26O3. The van der Waals surface area contributed by atoms with Crippen molar-refractivity contribution in [3.63, 3.8) is 0 Å². The highest BCUT2D eigenvalue weighted by molar-refractivity contribution is 5.11. The topological polar surface area (TPSA) is 49.7 Å². The highest BCUT2D eigenvalue weighted by atomic mass is 16.5. The summed E-state index contributed by atoms with van der Waals surface area (Å²) < 4.78 is 6.09. The predicted octanol–water partition coefficient (Wildman–Crippen LogP) is 2.27. The van der Waals surface area contributed by atoms with Crippen LogP contribution in [0.5, 0.6) is 0 Å². The molecule has 4 atom stereocenters. The molecule has 0 unspecified atom stereocenters. The predicted molar refractivity (Wildman–Crippen MR) is 71.2 cm³/mol. The third-order valence-corrected chi connectivity index (χ3v) is 4.56. The Morgan fingerprint density at radius 1 is 1.33 bits per heavy atom. The van der Waals surface area contributed by atoms with Gasteiger partial charge in [-0.1, -0.05) is 32.8 Å². The molecule has 2 aliphatic rings. The molecule has 2 rings (SSSR count). The number of hydrogen-bond donors (Lipinski definition) is 2. The first-order valence-electron chi connectivity index (χ1n) is 7.25. The molecule has 1 saturated carbocycles. The van der Waals surface area contributed by atoms with E-state index in [1.165, 1.54) is 19.3 Å². The zero-order valence-electron chi connectivity index (χ0n) is 11.3. The molecule has 0 aromatic rings. The fourth-order valence-electron chi connectivity index (χ4n) is 3.22. The van der Waals surface area contributed by atoms with Crippen LogP contribution in [0.4, 0.5) is 0 Å². The van der Waals surface area contributed by atoms with Crippen LogP contribution >= 0.6 is 0 Å². The normalized spacial score (nSPS) is 36.6. The fraction of sp³-hybridized carbons (Fsp3) is 0.867. The Balaban J connectivity index is 2.04. The first-order chi connectivity index (χ1) is 8.63. The van der Waals surface area contributed by atoms with Crippen LogP contribution in [0.1, 0.15) is 45.4 Å². The molecule has 0 radical (unpaired) electrons. The summed E-state index contributed by atoms with van der Waals surface area (Å²) in [7, 11) is 0. The zero-order chi connectivity index (χ0) is 13.1. The number of hydrogen-bond acceptors (Lipinski definition) is 3. The summed E-state index contributed by atoms with van der Waals surface area (Å²) in [5, 5.41) is 19.5. The van der Waals surface area contributed by atoms with Crippen molar-refractivity contribution in [3.8, 4) is 0 Å². The van der Waals surface area contributed by atoms with Crippen LogP contribution in [0.25, 0.3) is 0 Å². The van der Waals surface area contributed by atoms with Crippen molar-refractivity contribution in [1.82, 2.24) is 0 Å². The Kier molecular flexibility index (Phi) is 4.82. The minimum atomic E-state index is -0.518. The summed E-state index contributed by atoms with van der Waals surface area (Å²) in [5.41, 5.74) is 0.877. The van der Waals surface area contributed by atoms with Crippen molar-refractivity contribution in [3.05, 3.63) is 12.2 Å². The van der Waals surface area contributed by atoms with Crippen molar-refractivity contribution in [2.75, 3.05) is 6.61 Å². The molecule has 0 aromatic carbocycles. The van der Waals surface area contributed by atoms with Gasteiger partial charge >= 0.3 is 0 Å². The molecule has 18 heavy (non-hydrogen) atoms. The minimum Gasteiger partial charge on any atom is -0.396 e. The molecular weight excluding hydrogens is 228 g/mol. The molecule has 104 valence electrons. The molecule has 0 bridgehead atoms. The van der Waals surface area contributed by atoms with E-state index in [0.29, 0.717) is 12.3 Å². The Labute approximate surface area is 110 Å². The molecule has 3 heteroatoms. The van der Waals surface area contributed by atoms with E-state index in [0.717, 1.165) is 18.4 Å². The fourth-order valence-corrected chi connectivity index (χ4v) is 3.22. The zero-order valence-corrected chi connectivity index (χ0v) is 11.3. The SMILES string of the molecule is C=C1C[C@H]([C@@H](C)CO)O[C@H](C2CCCCC2)[C@@H]1O. The van der Waals surface area contributed by atoms with Crippen LogP contribution < -0.4 is 0 Å². The van der Waals surface area contributed by atoms with Gasteiger partial charge in [0.15, 0.2) is 0 Å². The second-order valence-corrected chi connectivity index (χ2v) is 6.00. The van der Waals surface area contributed by atoms with Gasteiger partial charge < -0.3 is 14.9 Å². The smallest absolute Gasteiger partial charge is 0.101 e. The Bertz CT molecular complexity index is 283. The third-order valence-electron chi connectivity index (χ3n) is 4.56. The van der Waals surface area contributed by atoms with Crippen molar-refractivity contribution in [2.24, 2.45) is 11.8 Å². The quantitative estimate of drug-likeness (QED) is 0.760. The molecule has 0 amide bonds. The molecule has 1 aliphatic carbocycles. The molecule has 1 heterocycles. The van der Waals surface area contributed by atoms with E-state index in [1.807, 2.05) is 6.92 Å². The molecule has 0 aromatic heterocycles. The highest BCUT2D eigenvalue weighted by Gasteiger charge is 2.39. The van der Waals surface area contributed by atoms with E-state index in [2.05, 4.69) is 6.58 Å². The lowest BCUT2D eigenvalue weighted by Crippen LogP contribution is -2.47. The van der Waals surface area contributed by atoms with E-state index < -0.39 is 6.10 Å². The number of aliphatic hydroxyl groups excluding tert-OH is 2. The molecule has 0 spiro atoms. The van der Waals surface area contributed by atoms with Crippen LogP contribution in [0.15, 0.2) is 12.2 Å². The maximum Gasteiger partial charge on any atom is 0.101 e. The Hall–Kier alpha value is -0.380. The number of aliphatic hydroxyl groups is 2. The monoisotopic (exact) mass is 254 g/mol. The van der Waals surface area contributed by atoms with Crippen LogP contribution in [0.3, 0.4) is 0 Å². The van der Waals surface area contributed by atoms with Crippen molar-refractivity contribution >= 4 is 0 Å². The minimum absolute atomic E-state index is 0.0119. The van der Waals surface area contributed by atoms with Crippen LogP contribution in [-0.4, -0.2) is 35.1 Å². The molecule has 2 fully saturated rings. The summed E-state index contributed by atoms with van der Waals surface area (Å²) in [5.74, 6) is 0.569. The number of rotatable bonds is 3. The van der Waals surface area contributed by atoms with Gasteiger partial charge in [-0.25, -0.2) is 0 Å². The average Bonchev–Trinajstić information content (AvgIpc) is 2.41. The third kappa shape index (κ3) is 2.95. The summed E-state index contributed by atoms with van der Waals surface area (Å²) in [6, 6.07) is 0. The van der Waals surface area contributed by atoms with Gasteiger partial charge in [-0.05, 0) is 30.8 Å². The lowest BCUT2D eigenvalue weighted by Gasteiger charge is -2.42. The maximum absolute atomic E-state index is 10.3. The van der Waals surface area contributed by atoms with Crippen LogP contribution in [0, 0.1) is 11.8 Å².